The van der Waals surface area contributed by atoms with Crippen molar-refractivity contribution in [2.45, 2.75) is 33.9 Å². The third kappa shape index (κ3) is 3.26. The first-order chi connectivity index (χ1) is 13.0. The Balaban J connectivity index is 1.79. The monoisotopic (exact) mass is 359 g/mol. The topological polar surface area (TPSA) is 63.4 Å². The normalized spacial score (nSPS) is 11.2. The van der Waals surface area contributed by atoms with Gasteiger partial charge in [0.15, 0.2) is 5.65 Å². The van der Waals surface area contributed by atoms with E-state index in [1.165, 1.54) is 5.56 Å². The minimum absolute atomic E-state index is 0.0185. The highest BCUT2D eigenvalue weighted by atomic mass is 16.2. The predicted molar refractivity (Wildman–Crippen MR) is 104 cm³/mol. The fourth-order valence-electron chi connectivity index (χ4n) is 3.59. The van der Waals surface area contributed by atoms with Crippen molar-refractivity contribution >= 4 is 22.5 Å². The van der Waals surface area contributed by atoms with Crippen LogP contribution < -0.4 is 0 Å². The van der Waals surface area contributed by atoms with E-state index in [1.54, 1.807) is 11.4 Å². The summed E-state index contributed by atoms with van der Waals surface area (Å²) < 4.78 is 1.78. The number of benzene rings is 2. The molecule has 1 amide bonds. The van der Waals surface area contributed by atoms with Crippen LogP contribution in [0.2, 0.25) is 0 Å². The first-order valence-electron chi connectivity index (χ1n) is 8.93. The van der Waals surface area contributed by atoms with E-state index >= 15 is 0 Å². The molecule has 4 rings (SSSR count). The third-order valence-electron chi connectivity index (χ3n) is 4.80. The van der Waals surface area contributed by atoms with E-state index in [2.05, 4.69) is 47.6 Å². The number of aromatic nitrogens is 4. The Morgan fingerprint density at radius 3 is 2.59 bits per heavy atom. The molecule has 2 aromatic heterocycles. The SMILES string of the molecule is CC(=O)N(Cc1ccccc1)Cc1cc2cc(C)cc(C)c2n2nnnc12. The highest BCUT2D eigenvalue weighted by molar-refractivity contribution is 5.86. The highest BCUT2D eigenvalue weighted by Gasteiger charge is 2.17. The Kier molecular flexibility index (Phi) is 4.32. The van der Waals surface area contributed by atoms with E-state index in [1.807, 2.05) is 35.2 Å². The zero-order valence-electron chi connectivity index (χ0n) is 15.7. The lowest BCUT2D eigenvalue weighted by Gasteiger charge is -2.22. The molecule has 0 aliphatic carbocycles. The standard InChI is InChI=1S/C21H21N5O/c1-14-9-15(2)20-18(10-14)11-19(21-22-23-24-26(20)21)13-25(16(3)27)12-17-7-5-4-6-8-17/h4-11H,12-13H2,1-3H3. The molecule has 2 heterocycles. The molecule has 0 saturated carbocycles. The van der Waals surface area contributed by atoms with Gasteiger partial charge in [-0.3, -0.25) is 4.79 Å². The van der Waals surface area contributed by atoms with Crippen LogP contribution in [0.4, 0.5) is 0 Å². The molecule has 0 bridgehead atoms. The largest absolute Gasteiger partial charge is 0.334 e. The van der Waals surface area contributed by atoms with Crippen molar-refractivity contribution in [2.75, 3.05) is 0 Å². The van der Waals surface area contributed by atoms with E-state index in [0.717, 1.165) is 27.6 Å². The highest BCUT2D eigenvalue weighted by Crippen LogP contribution is 2.25. The van der Waals surface area contributed by atoms with Crippen molar-refractivity contribution in [3.05, 3.63) is 70.8 Å². The molecule has 0 spiro atoms. The van der Waals surface area contributed by atoms with Gasteiger partial charge in [-0.1, -0.05) is 42.0 Å². The Labute approximate surface area is 157 Å². The third-order valence-corrected chi connectivity index (χ3v) is 4.80. The van der Waals surface area contributed by atoms with Gasteiger partial charge >= 0.3 is 0 Å². The van der Waals surface area contributed by atoms with E-state index < -0.39 is 0 Å². The Bertz CT molecular complexity index is 1130. The van der Waals surface area contributed by atoms with Crippen LogP contribution in [-0.2, 0) is 17.9 Å². The van der Waals surface area contributed by atoms with Crippen LogP contribution in [0.5, 0.6) is 0 Å². The van der Waals surface area contributed by atoms with Gasteiger partial charge in [-0.2, -0.15) is 4.52 Å². The number of pyridine rings is 1. The molecule has 0 N–H and O–H groups in total. The molecule has 4 aromatic rings. The number of nitrogens with zero attached hydrogens (tertiary/aromatic N) is 5. The van der Waals surface area contributed by atoms with Gasteiger partial charge in [0.25, 0.3) is 0 Å². The van der Waals surface area contributed by atoms with Gasteiger partial charge in [0.1, 0.15) is 0 Å². The molecule has 2 aromatic carbocycles. The molecule has 0 aliphatic heterocycles. The molecule has 0 fully saturated rings. The lowest BCUT2D eigenvalue weighted by molar-refractivity contribution is -0.130. The minimum atomic E-state index is 0.0185. The number of amides is 1. The summed E-state index contributed by atoms with van der Waals surface area (Å²) in [4.78, 5) is 14.1. The van der Waals surface area contributed by atoms with Crippen molar-refractivity contribution in [1.82, 2.24) is 24.9 Å². The molecule has 27 heavy (non-hydrogen) atoms. The van der Waals surface area contributed by atoms with Crippen LogP contribution in [0.1, 0.15) is 29.2 Å². The lowest BCUT2D eigenvalue weighted by atomic mass is 10.0. The van der Waals surface area contributed by atoms with Gasteiger partial charge in [0, 0.05) is 31.0 Å². The van der Waals surface area contributed by atoms with Gasteiger partial charge < -0.3 is 4.90 Å². The molecule has 0 aliphatic rings. The van der Waals surface area contributed by atoms with Crippen LogP contribution >= 0.6 is 0 Å². The summed E-state index contributed by atoms with van der Waals surface area (Å²) in [7, 11) is 0. The smallest absolute Gasteiger partial charge is 0.220 e. The molecule has 0 unspecified atom stereocenters. The summed E-state index contributed by atoms with van der Waals surface area (Å²) in [5.41, 5.74) is 6.03. The number of hydrogen-bond donors (Lipinski definition) is 0. The first-order valence-corrected chi connectivity index (χ1v) is 8.93. The van der Waals surface area contributed by atoms with Crippen LogP contribution in [0, 0.1) is 13.8 Å². The molecule has 136 valence electrons. The first kappa shape index (κ1) is 17.1. The van der Waals surface area contributed by atoms with E-state index in [0.29, 0.717) is 18.7 Å². The fraction of sp³-hybridized carbons (Fsp3) is 0.238. The second kappa shape index (κ2) is 6.79. The second-order valence-corrected chi connectivity index (χ2v) is 6.96. The quantitative estimate of drug-likeness (QED) is 0.560. The van der Waals surface area contributed by atoms with Crippen molar-refractivity contribution in [1.29, 1.82) is 0 Å². The Morgan fingerprint density at radius 1 is 1.07 bits per heavy atom. The fourth-order valence-corrected chi connectivity index (χ4v) is 3.59. The molecule has 6 heteroatoms. The Hall–Kier alpha value is -3.28. The van der Waals surface area contributed by atoms with Crippen molar-refractivity contribution in [3.8, 4) is 0 Å². The molecule has 0 saturated heterocycles. The zero-order chi connectivity index (χ0) is 19.0. The van der Waals surface area contributed by atoms with Crippen LogP contribution in [0.15, 0.2) is 48.5 Å². The van der Waals surface area contributed by atoms with Gasteiger partial charge in [-0.15, -0.1) is 5.10 Å². The number of rotatable bonds is 4. The number of carbonyl (C=O) groups excluding carboxylic acids is 1. The summed E-state index contributed by atoms with van der Waals surface area (Å²) in [6, 6.07) is 16.3. The van der Waals surface area contributed by atoms with E-state index in [9.17, 15) is 4.79 Å². The second-order valence-electron chi connectivity index (χ2n) is 6.96. The average Bonchev–Trinajstić information content (AvgIpc) is 3.11. The summed E-state index contributed by atoms with van der Waals surface area (Å²) >= 11 is 0. The molecular weight excluding hydrogens is 338 g/mol. The maximum atomic E-state index is 12.3. The maximum Gasteiger partial charge on any atom is 0.220 e. The minimum Gasteiger partial charge on any atom is -0.334 e. The van der Waals surface area contributed by atoms with Crippen molar-refractivity contribution < 1.29 is 4.79 Å². The summed E-state index contributed by atoms with van der Waals surface area (Å²) in [6.45, 7) is 6.74. The lowest BCUT2D eigenvalue weighted by Crippen LogP contribution is -2.28. The number of carbonyl (C=O) groups is 1. The summed E-state index contributed by atoms with van der Waals surface area (Å²) in [5.74, 6) is 0.0185. The molecule has 0 atom stereocenters. The zero-order valence-corrected chi connectivity index (χ0v) is 15.7. The van der Waals surface area contributed by atoms with Gasteiger partial charge in [0.2, 0.25) is 5.91 Å². The van der Waals surface area contributed by atoms with Crippen LogP contribution in [0.25, 0.3) is 16.6 Å². The molecule has 0 radical (unpaired) electrons. The number of aryl methyl sites for hydroxylation is 2. The summed E-state index contributed by atoms with van der Waals surface area (Å²) in [6.07, 6.45) is 0. The van der Waals surface area contributed by atoms with Crippen molar-refractivity contribution in [2.24, 2.45) is 0 Å². The van der Waals surface area contributed by atoms with Gasteiger partial charge in [-0.05, 0) is 47.5 Å². The number of hydrogen-bond acceptors (Lipinski definition) is 4. The number of tetrazole rings is 1. The predicted octanol–water partition coefficient (Wildman–Crippen LogP) is 3.44. The van der Waals surface area contributed by atoms with E-state index in [4.69, 9.17) is 0 Å². The van der Waals surface area contributed by atoms with Crippen LogP contribution in [-0.4, -0.2) is 30.8 Å². The summed E-state index contributed by atoms with van der Waals surface area (Å²) in [5, 5.41) is 13.3. The van der Waals surface area contributed by atoms with Gasteiger partial charge in [-0.25, -0.2) is 0 Å². The molecular formula is C21H21N5O. The van der Waals surface area contributed by atoms with Crippen LogP contribution in [0.3, 0.4) is 0 Å². The molecule has 6 nitrogen and oxygen atoms in total. The van der Waals surface area contributed by atoms with Gasteiger partial charge in [0.05, 0.1) is 5.52 Å². The van der Waals surface area contributed by atoms with E-state index in [-0.39, 0.29) is 5.91 Å². The maximum absolute atomic E-state index is 12.3. The van der Waals surface area contributed by atoms with Crippen molar-refractivity contribution in [3.63, 3.8) is 0 Å². The Morgan fingerprint density at radius 2 is 1.85 bits per heavy atom. The number of fused-ring (bicyclic) bond motifs is 3. The average molecular weight is 359 g/mol.